The molecule has 1 heterocycles. The summed E-state index contributed by atoms with van der Waals surface area (Å²) in [5.41, 5.74) is 3.03. The molecule has 2 aromatic carbocycles. The van der Waals surface area contributed by atoms with Crippen LogP contribution in [0.2, 0.25) is 0 Å². The van der Waals surface area contributed by atoms with E-state index in [1.807, 2.05) is 18.2 Å². The van der Waals surface area contributed by atoms with Gasteiger partial charge in [0.2, 0.25) is 0 Å². The zero-order valence-corrected chi connectivity index (χ0v) is 12.4. The lowest BCUT2D eigenvalue weighted by atomic mass is 10.0. The highest BCUT2D eigenvalue weighted by atomic mass is 16.5. The molecule has 22 heavy (non-hydrogen) atoms. The Balaban J connectivity index is 1.94. The predicted molar refractivity (Wildman–Crippen MR) is 84.2 cm³/mol. The van der Waals surface area contributed by atoms with Gasteiger partial charge in [0, 0.05) is 17.8 Å². The van der Waals surface area contributed by atoms with Crippen LogP contribution in [0.25, 0.3) is 0 Å². The number of amides is 1. The lowest BCUT2D eigenvalue weighted by Gasteiger charge is -2.29. The van der Waals surface area contributed by atoms with Crippen LogP contribution in [0.3, 0.4) is 0 Å². The van der Waals surface area contributed by atoms with E-state index < -0.39 is 5.97 Å². The van der Waals surface area contributed by atoms with Crippen molar-refractivity contribution in [3.8, 4) is 0 Å². The molecule has 2 aromatic rings. The summed E-state index contributed by atoms with van der Waals surface area (Å²) in [6.45, 7) is 0.693. The van der Waals surface area contributed by atoms with Gasteiger partial charge in [-0.15, -0.1) is 0 Å². The van der Waals surface area contributed by atoms with Gasteiger partial charge in [-0.1, -0.05) is 24.3 Å². The average molecular weight is 295 g/mol. The van der Waals surface area contributed by atoms with Gasteiger partial charge in [-0.3, -0.25) is 4.79 Å². The number of anilines is 1. The Kier molecular flexibility index (Phi) is 3.92. The predicted octanol–water partition coefficient (Wildman–Crippen LogP) is 3.07. The van der Waals surface area contributed by atoms with Crippen LogP contribution in [0.5, 0.6) is 0 Å². The standard InChI is InChI=1S/C18H17NO3/c1-22-18(21)15-8-4-7-14(12-15)17(20)19-11-5-9-13-6-2-3-10-16(13)19/h2-4,6-8,10,12H,5,9,11H2,1H3. The van der Waals surface area contributed by atoms with Crippen LogP contribution in [-0.4, -0.2) is 25.5 Å². The minimum absolute atomic E-state index is 0.0853. The van der Waals surface area contributed by atoms with Gasteiger partial charge in [0.25, 0.3) is 5.91 Å². The number of hydrogen-bond donors (Lipinski definition) is 0. The lowest BCUT2D eigenvalue weighted by Crippen LogP contribution is -2.35. The van der Waals surface area contributed by atoms with Gasteiger partial charge < -0.3 is 9.64 Å². The maximum atomic E-state index is 12.8. The molecule has 0 saturated carbocycles. The number of carbonyl (C=O) groups excluding carboxylic acids is 2. The maximum Gasteiger partial charge on any atom is 0.337 e. The van der Waals surface area contributed by atoms with Gasteiger partial charge in [-0.2, -0.15) is 0 Å². The summed E-state index contributed by atoms with van der Waals surface area (Å²) < 4.78 is 4.71. The molecule has 0 unspecified atom stereocenters. The van der Waals surface area contributed by atoms with Gasteiger partial charge in [0.05, 0.1) is 12.7 Å². The fourth-order valence-electron chi connectivity index (χ4n) is 2.80. The van der Waals surface area contributed by atoms with E-state index in [9.17, 15) is 9.59 Å². The first-order valence-electron chi connectivity index (χ1n) is 7.29. The Bertz CT molecular complexity index is 724. The Morgan fingerprint density at radius 1 is 1.05 bits per heavy atom. The third-order valence-corrected chi connectivity index (χ3v) is 3.89. The van der Waals surface area contributed by atoms with Crippen LogP contribution in [0, 0.1) is 0 Å². The van der Waals surface area contributed by atoms with Crippen molar-refractivity contribution in [2.45, 2.75) is 12.8 Å². The Morgan fingerprint density at radius 3 is 2.64 bits per heavy atom. The van der Waals surface area contributed by atoms with Gasteiger partial charge in [0.15, 0.2) is 0 Å². The molecule has 0 N–H and O–H groups in total. The summed E-state index contributed by atoms with van der Waals surface area (Å²) >= 11 is 0. The quantitative estimate of drug-likeness (QED) is 0.800. The van der Waals surface area contributed by atoms with E-state index in [0.717, 1.165) is 18.5 Å². The van der Waals surface area contributed by atoms with Gasteiger partial charge >= 0.3 is 5.97 Å². The molecule has 1 amide bonds. The molecule has 0 bridgehead atoms. The van der Waals surface area contributed by atoms with Crippen molar-refractivity contribution in [2.24, 2.45) is 0 Å². The largest absolute Gasteiger partial charge is 0.465 e. The molecule has 0 aromatic heterocycles. The molecule has 0 saturated heterocycles. The smallest absolute Gasteiger partial charge is 0.337 e. The van der Waals surface area contributed by atoms with Crippen molar-refractivity contribution in [3.05, 3.63) is 65.2 Å². The number of carbonyl (C=O) groups is 2. The first-order chi connectivity index (χ1) is 10.7. The highest BCUT2D eigenvalue weighted by Crippen LogP contribution is 2.28. The minimum atomic E-state index is -0.436. The molecule has 0 radical (unpaired) electrons. The van der Waals surface area contributed by atoms with Crippen LogP contribution in [0.15, 0.2) is 48.5 Å². The normalized spacial score (nSPS) is 13.4. The summed E-state index contributed by atoms with van der Waals surface area (Å²) in [6, 6.07) is 14.6. The van der Waals surface area contributed by atoms with Crippen LogP contribution >= 0.6 is 0 Å². The molecule has 1 aliphatic heterocycles. The second-order valence-electron chi connectivity index (χ2n) is 5.26. The van der Waals surface area contributed by atoms with E-state index in [1.54, 1.807) is 29.2 Å². The third-order valence-electron chi connectivity index (χ3n) is 3.89. The van der Waals surface area contributed by atoms with Gasteiger partial charge in [-0.25, -0.2) is 4.79 Å². The Hall–Kier alpha value is -2.62. The molecular weight excluding hydrogens is 278 g/mol. The SMILES string of the molecule is COC(=O)c1cccc(C(=O)N2CCCc3ccccc32)c1. The van der Waals surface area contributed by atoms with E-state index in [-0.39, 0.29) is 5.91 Å². The number of benzene rings is 2. The fourth-order valence-corrected chi connectivity index (χ4v) is 2.80. The summed E-state index contributed by atoms with van der Waals surface area (Å²) in [4.78, 5) is 26.2. The van der Waals surface area contributed by atoms with E-state index in [1.165, 1.54) is 12.7 Å². The number of hydrogen-bond acceptors (Lipinski definition) is 3. The summed E-state index contributed by atoms with van der Waals surface area (Å²) in [5.74, 6) is -0.522. The van der Waals surface area contributed by atoms with Crippen molar-refractivity contribution in [2.75, 3.05) is 18.6 Å². The number of nitrogens with zero attached hydrogens (tertiary/aromatic N) is 1. The molecule has 1 aliphatic rings. The highest BCUT2D eigenvalue weighted by molar-refractivity contribution is 6.07. The summed E-state index contributed by atoms with van der Waals surface area (Å²) in [7, 11) is 1.33. The summed E-state index contributed by atoms with van der Waals surface area (Å²) in [5, 5.41) is 0. The van der Waals surface area contributed by atoms with Gasteiger partial charge in [0.1, 0.15) is 0 Å². The average Bonchev–Trinajstić information content (AvgIpc) is 2.60. The molecule has 0 spiro atoms. The Morgan fingerprint density at radius 2 is 1.82 bits per heavy atom. The first kappa shape index (κ1) is 14.3. The number of rotatable bonds is 2. The fraction of sp³-hybridized carbons (Fsp3) is 0.222. The topological polar surface area (TPSA) is 46.6 Å². The van der Waals surface area contributed by atoms with Crippen molar-refractivity contribution in [1.29, 1.82) is 0 Å². The van der Waals surface area contributed by atoms with E-state index >= 15 is 0 Å². The molecule has 0 atom stereocenters. The molecule has 0 fully saturated rings. The zero-order chi connectivity index (χ0) is 15.5. The second-order valence-corrected chi connectivity index (χ2v) is 5.26. The molecular formula is C18H17NO3. The number of methoxy groups -OCH3 is 1. The van der Waals surface area contributed by atoms with Crippen LogP contribution in [0.4, 0.5) is 5.69 Å². The number of aryl methyl sites for hydroxylation is 1. The monoisotopic (exact) mass is 295 g/mol. The zero-order valence-electron chi connectivity index (χ0n) is 12.4. The van der Waals surface area contributed by atoms with Crippen LogP contribution in [0.1, 0.15) is 32.7 Å². The first-order valence-corrected chi connectivity index (χ1v) is 7.29. The third kappa shape index (κ3) is 2.60. The van der Waals surface area contributed by atoms with Crippen molar-refractivity contribution >= 4 is 17.6 Å². The number of esters is 1. The van der Waals surface area contributed by atoms with Crippen LogP contribution < -0.4 is 4.90 Å². The van der Waals surface area contributed by atoms with E-state index in [0.29, 0.717) is 17.7 Å². The maximum absolute atomic E-state index is 12.8. The summed E-state index contributed by atoms with van der Waals surface area (Å²) in [6.07, 6.45) is 1.93. The Labute approximate surface area is 129 Å². The van der Waals surface area contributed by atoms with Crippen molar-refractivity contribution in [3.63, 3.8) is 0 Å². The number of fused-ring (bicyclic) bond motifs is 1. The number of ether oxygens (including phenoxy) is 1. The molecule has 4 heteroatoms. The van der Waals surface area contributed by atoms with Gasteiger partial charge in [-0.05, 0) is 42.7 Å². The number of para-hydroxylation sites is 1. The highest BCUT2D eigenvalue weighted by Gasteiger charge is 2.23. The lowest BCUT2D eigenvalue weighted by molar-refractivity contribution is 0.0600. The molecule has 4 nitrogen and oxygen atoms in total. The molecule has 112 valence electrons. The molecule has 3 rings (SSSR count). The second kappa shape index (κ2) is 6.02. The van der Waals surface area contributed by atoms with Crippen molar-refractivity contribution < 1.29 is 14.3 Å². The van der Waals surface area contributed by atoms with Crippen molar-refractivity contribution in [1.82, 2.24) is 0 Å². The molecule has 0 aliphatic carbocycles. The minimum Gasteiger partial charge on any atom is -0.465 e. The van der Waals surface area contributed by atoms with E-state index in [4.69, 9.17) is 4.74 Å². The van der Waals surface area contributed by atoms with E-state index in [2.05, 4.69) is 6.07 Å². The van der Waals surface area contributed by atoms with Crippen LogP contribution in [-0.2, 0) is 11.2 Å².